The molecule has 146 valence electrons. The molecular formula is C20H27N3O3S. The van der Waals surface area contributed by atoms with Gasteiger partial charge in [0.25, 0.3) is 5.56 Å². The maximum absolute atomic E-state index is 12.7. The van der Waals surface area contributed by atoms with Crippen LogP contribution in [-0.4, -0.2) is 40.5 Å². The molecule has 2 aromatic rings. The molecular weight excluding hydrogens is 362 g/mol. The van der Waals surface area contributed by atoms with Crippen LogP contribution in [0.4, 0.5) is 0 Å². The molecule has 1 aliphatic heterocycles. The van der Waals surface area contributed by atoms with Crippen molar-refractivity contribution in [2.24, 2.45) is 11.8 Å². The molecule has 0 amide bonds. The summed E-state index contributed by atoms with van der Waals surface area (Å²) in [7, 11) is 0. The van der Waals surface area contributed by atoms with Crippen LogP contribution < -0.4 is 5.56 Å². The smallest absolute Gasteiger partial charge is 0.309 e. The Hall–Kier alpha value is -1.73. The second-order valence-electron chi connectivity index (χ2n) is 7.85. The van der Waals surface area contributed by atoms with E-state index in [-0.39, 0.29) is 17.4 Å². The quantitative estimate of drug-likeness (QED) is 0.814. The van der Waals surface area contributed by atoms with Gasteiger partial charge < -0.3 is 9.72 Å². The number of hydrogen-bond donors (Lipinski definition) is 1. The minimum Gasteiger partial charge on any atom is -0.466 e. The summed E-state index contributed by atoms with van der Waals surface area (Å²) in [6.07, 6.45) is 4.80. The number of nitrogens with one attached hydrogen (secondary N) is 1. The predicted octanol–water partition coefficient (Wildman–Crippen LogP) is 2.88. The van der Waals surface area contributed by atoms with E-state index in [2.05, 4.69) is 16.8 Å². The summed E-state index contributed by atoms with van der Waals surface area (Å²) < 4.78 is 5.13. The van der Waals surface area contributed by atoms with Crippen molar-refractivity contribution in [3.63, 3.8) is 0 Å². The summed E-state index contributed by atoms with van der Waals surface area (Å²) in [6.45, 7) is 6.82. The summed E-state index contributed by atoms with van der Waals surface area (Å²) in [4.78, 5) is 36.8. The van der Waals surface area contributed by atoms with Crippen molar-refractivity contribution in [3.8, 4) is 0 Å². The SMILES string of the molecule is CCOC(=O)C1CCN(Cc2nc3sc4c(c3c(=O)[nH]2)CCC(C)C4)CC1. The molecule has 2 aromatic heterocycles. The summed E-state index contributed by atoms with van der Waals surface area (Å²) in [6, 6.07) is 0. The number of hydrogen-bond acceptors (Lipinski definition) is 6. The zero-order chi connectivity index (χ0) is 19.0. The normalized spacial score (nSPS) is 21.3. The van der Waals surface area contributed by atoms with Crippen LogP contribution in [0.25, 0.3) is 10.2 Å². The molecule has 1 atom stereocenters. The average molecular weight is 390 g/mol. The van der Waals surface area contributed by atoms with Gasteiger partial charge in [-0.15, -0.1) is 11.3 Å². The summed E-state index contributed by atoms with van der Waals surface area (Å²) in [5, 5.41) is 0.812. The lowest BCUT2D eigenvalue weighted by Gasteiger charge is -2.30. The Bertz CT molecular complexity index is 896. The van der Waals surface area contributed by atoms with Gasteiger partial charge in [0.2, 0.25) is 0 Å². The highest BCUT2D eigenvalue weighted by Crippen LogP contribution is 2.35. The molecule has 0 saturated carbocycles. The molecule has 0 bridgehead atoms. The topological polar surface area (TPSA) is 75.3 Å². The number of nitrogens with zero attached hydrogens (tertiary/aromatic N) is 2. The number of rotatable bonds is 4. The molecule has 0 aromatic carbocycles. The molecule has 2 aliphatic rings. The van der Waals surface area contributed by atoms with Gasteiger partial charge in [0, 0.05) is 4.88 Å². The lowest BCUT2D eigenvalue weighted by molar-refractivity contribution is -0.149. The Morgan fingerprint density at radius 1 is 1.33 bits per heavy atom. The van der Waals surface area contributed by atoms with Crippen LogP contribution >= 0.6 is 11.3 Å². The van der Waals surface area contributed by atoms with E-state index in [4.69, 9.17) is 9.72 Å². The number of thiophene rings is 1. The van der Waals surface area contributed by atoms with Gasteiger partial charge in [0.1, 0.15) is 10.7 Å². The van der Waals surface area contributed by atoms with Gasteiger partial charge in [0.15, 0.2) is 0 Å². The number of likely N-dealkylation sites (tertiary alicyclic amines) is 1. The second kappa shape index (κ2) is 7.72. The Balaban J connectivity index is 1.47. The summed E-state index contributed by atoms with van der Waals surface area (Å²) in [5.74, 6) is 1.34. The van der Waals surface area contributed by atoms with E-state index in [0.29, 0.717) is 19.1 Å². The van der Waals surface area contributed by atoms with Crippen LogP contribution in [0.1, 0.15) is 49.4 Å². The Labute approximate surface area is 162 Å². The van der Waals surface area contributed by atoms with Crippen molar-refractivity contribution in [3.05, 3.63) is 26.6 Å². The standard InChI is InChI=1S/C20H27N3O3S/c1-3-26-20(25)13-6-8-23(9-7-13)11-16-21-18(24)17-14-5-4-12(2)10-15(14)27-19(17)22-16/h12-13H,3-11H2,1-2H3,(H,21,22,24). The molecule has 1 aliphatic carbocycles. The van der Waals surface area contributed by atoms with E-state index < -0.39 is 0 Å². The van der Waals surface area contributed by atoms with E-state index in [9.17, 15) is 9.59 Å². The number of ether oxygens (including phenoxy) is 1. The number of piperidine rings is 1. The zero-order valence-corrected chi connectivity index (χ0v) is 16.9. The van der Waals surface area contributed by atoms with E-state index in [1.165, 1.54) is 10.4 Å². The van der Waals surface area contributed by atoms with E-state index >= 15 is 0 Å². The first kappa shape index (κ1) is 18.6. The van der Waals surface area contributed by atoms with Gasteiger partial charge in [-0.2, -0.15) is 0 Å². The minimum absolute atomic E-state index is 0.00157. The van der Waals surface area contributed by atoms with Crippen molar-refractivity contribution in [1.29, 1.82) is 0 Å². The summed E-state index contributed by atoms with van der Waals surface area (Å²) >= 11 is 1.69. The maximum Gasteiger partial charge on any atom is 0.309 e. The van der Waals surface area contributed by atoms with Gasteiger partial charge >= 0.3 is 5.97 Å². The van der Waals surface area contributed by atoms with E-state index in [1.54, 1.807) is 11.3 Å². The lowest BCUT2D eigenvalue weighted by atomic mass is 9.89. The molecule has 0 spiro atoms. The summed E-state index contributed by atoms with van der Waals surface area (Å²) in [5.41, 5.74) is 1.23. The number of carbonyl (C=O) groups excluding carboxylic acids is 1. The molecule has 1 saturated heterocycles. The van der Waals surface area contributed by atoms with Crippen LogP contribution in [0.15, 0.2) is 4.79 Å². The second-order valence-corrected chi connectivity index (χ2v) is 8.93. The Morgan fingerprint density at radius 3 is 2.85 bits per heavy atom. The molecule has 0 radical (unpaired) electrons. The van der Waals surface area contributed by atoms with Crippen LogP contribution in [-0.2, 0) is 28.9 Å². The number of aromatic nitrogens is 2. The number of aromatic amines is 1. The highest BCUT2D eigenvalue weighted by molar-refractivity contribution is 7.18. The predicted molar refractivity (Wildman–Crippen MR) is 106 cm³/mol. The molecule has 27 heavy (non-hydrogen) atoms. The number of fused-ring (bicyclic) bond motifs is 3. The third-order valence-electron chi connectivity index (χ3n) is 5.80. The monoisotopic (exact) mass is 389 g/mol. The molecule has 7 heteroatoms. The van der Waals surface area contributed by atoms with E-state index in [0.717, 1.165) is 61.2 Å². The fourth-order valence-electron chi connectivity index (χ4n) is 4.27. The van der Waals surface area contributed by atoms with Crippen molar-refractivity contribution in [1.82, 2.24) is 14.9 Å². The molecule has 4 rings (SSSR count). The zero-order valence-electron chi connectivity index (χ0n) is 16.0. The van der Waals surface area contributed by atoms with Crippen molar-refractivity contribution >= 4 is 27.5 Å². The maximum atomic E-state index is 12.7. The van der Waals surface area contributed by atoms with Gasteiger partial charge in [-0.3, -0.25) is 14.5 Å². The fraction of sp³-hybridized carbons (Fsp3) is 0.650. The Kier molecular flexibility index (Phi) is 5.32. The van der Waals surface area contributed by atoms with E-state index in [1.807, 2.05) is 6.92 Å². The van der Waals surface area contributed by atoms with Gasteiger partial charge in [-0.25, -0.2) is 4.98 Å². The molecule has 3 heterocycles. The largest absolute Gasteiger partial charge is 0.466 e. The van der Waals surface area contributed by atoms with Crippen LogP contribution in [0.5, 0.6) is 0 Å². The molecule has 1 fully saturated rings. The van der Waals surface area contributed by atoms with Crippen molar-refractivity contribution in [2.45, 2.75) is 52.5 Å². The Morgan fingerprint density at radius 2 is 2.11 bits per heavy atom. The number of carbonyl (C=O) groups is 1. The highest BCUT2D eigenvalue weighted by atomic mass is 32.1. The number of esters is 1. The van der Waals surface area contributed by atoms with Crippen LogP contribution in [0, 0.1) is 11.8 Å². The molecule has 1 unspecified atom stereocenters. The first-order valence-corrected chi connectivity index (χ1v) is 10.8. The average Bonchev–Trinajstić information content (AvgIpc) is 3.00. The number of H-pyrrole nitrogens is 1. The minimum atomic E-state index is -0.0801. The first-order valence-electron chi connectivity index (χ1n) is 9.97. The highest BCUT2D eigenvalue weighted by Gasteiger charge is 2.27. The van der Waals surface area contributed by atoms with Gasteiger partial charge in [0.05, 0.1) is 24.5 Å². The first-order chi connectivity index (χ1) is 13.0. The third-order valence-corrected chi connectivity index (χ3v) is 6.94. The van der Waals surface area contributed by atoms with Crippen molar-refractivity contribution < 1.29 is 9.53 Å². The molecule has 1 N–H and O–H groups in total. The fourth-order valence-corrected chi connectivity index (χ4v) is 5.67. The van der Waals surface area contributed by atoms with Crippen molar-refractivity contribution in [2.75, 3.05) is 19.7 Å². The number of aryl methyl sites for hydroxylation is 1. The lowest BCUT2D eigenvalue weighted by Crippen LogP contribution is -2.37. The molecule has 6 nitrogen and oxygen atoms in total. The van der Waals surface area contributed by atoms with Crippen LogP contribution in [0.2, 0.25) is 0 Å². The van der Waals surface area contributed by atoms with Gasteiger partial charge in [-0.05, 0) is 63.6 Å². The van der Waals surface area contributed by atoms with Crippen LogP contribution in [0.3, 0.4) is 0 Å². The van der Waals surface area contributed by atoms with Gasteiger partial charge in [-0.1, -0.05) is 6.92 Å². The third kappa shape index (κ3) is 3.80.